The van der Waals surface area contributed by atoms with Gasteiger partial charge in [-0.05, 0) is 74.1 Å². The lowest BCUT2D eigenvalue weighted by atomic mass is 9.99. The van der Waals surface area contributed by atoms with E-state index in [1.54, 1.807) is 6.19 Å². The molecule has 0 atom stereocenters. The number of benzene rings is 5. The third-order valence-corrected chi connectivity index (χ3v) is 7.77. The SMILES string of the molecule is N#C/N=c1\c2cc(-c3ccc(-c4ccccc4)cc3)ccc2c2cc3/c(=N/C#N)c4cc(C(F)(F)F)ccc4c3cc12. The maximum absolute atomic E-state index is 13.5. The average molecular weight is 551 g/mol. The Bertz CT molecular complexity index is 2400. The fourth-order valence-corrected chi connectivity index (χ4v) is 5.86. The summed E-state index contributed by atoms with van der Waals surface area (Å²) in [5.74, 6) is 0. The molecule has 0 unspecified atom stereocenters. The zero-order chi connectivity index (χ0) is 29.0. The second-order valence-corrected chi connectivity index (χ2v) is 10.0. The molecule has 0 aliphatic carbocycles. The third kappa shape index (κ3) is 3.91. The number of hydrogen-bond donors (Lipinski definition) is 0. The van der Waals surface area contributed by atoms with Crippen LogP contribution in [0.2, 0.25) is 0 Å². The fourth-order valence-electron chi connectivity index (χ4n) is 5.86. The first-order chi connectivity index (χ1) is 20.4. The zero-order valence-corrected chi connectivity index (χ0v) is 21.7. The van der Waals surface area contributed by atoms with Gasteiger partial charge in [-0.2, -0.15) is 33.7 Å². The van der Waals surface area contributed by atoms with Crippen LogP contribution >= 0.6 is 0 Å². The van der Waals surface area contributed by atoms with Crippen LogP contribution in [0.15, 0.2) is 113 Å². The molecule has 0 aromatic heterocycles. The van der Waals surface area contributed by atoms with Gasteiger partial charge in [0.25, 0.3) is 0 Å². The van der Waals surface area contributed by atoms with Crippen LogP contribution in [0.3, 0.4) is 0 Å². The Morgan fingerprint density at radius 2 is 0.905 bits per heavy atom. The monoisotopic (exact) mass is 550 g/mol. The zero-order valence-electron chi connectivity index (χ0n) is 21.7. The van der Waals surface area contributed by atoms with E-state index in [0.717, 1.165) is 50.5 Å². The maximum Gasteiger partial charge on any atom is 0.416 e. The van der Waals surface area contributed by atoms with Crippen LogP contribution in [0.25, 0.3) is 65.3 Å². The molecule has 0 N–H and O–H groups in total. The van der Waals surface area contributed by atoms with E-state index in [4.69, 9.17) is 0 Å². The molecule has 0 amide bonds. The maximum atomic E-state index is 13.5. The van der Waals surface area contributed by atoms with Crippen molar-refractivity contribution >= 4 is 43.1 Å². The van der Waals surface area contributed by atoms with Gasteiger partial charge in [-0.1, -0.05) is 72.8 Å². The van der Waals surface area contributed by atoms with E-state index in [1.807, 2.05) is 54.7 Å². The molecular weight excluding hydrogens is 533 g/mol. The minimum atomic E-state index is -4.53. The lowest BCUT2D eigenvalue weighted by molar-refractivity contribution is -0.137. The molecule has 7 aromatic carbocycles. The molecule has 0 aliphatic heterocycles. The Labute approximate surface area is 236 Å². The van der Waals surface area contributed by atoms with Gasteiger partial charge in [-0.3, -0.25) is 0 Å². The highest BCUT2D eigenvalue weighted by Crippen LogP contribution is 2.36. The minimum Gasteiger partial charge on any atom is -0.172 e. The van der Waals surface area contributed by atoms with Gasteiger partial charge in [-0.25, -0.2) is 0 Å². The molecule has 0 aliphatic rings. The fraction of sp³-hybridized carbons (Fsp3) is 0.0286. The molecule has 0 bridgehead atoms. The summed E-state index contributed by atoms with van der Waals surface area (Å²) in [5, 5.41) is 24.7. The number of nitriles is 2. The molecule has 7 heteroatoms. The molecule has 42 heavy (non-hydrogen) atoms. The highest BCUT2D eigenvalue weighted by Gasteiger charge is 2.31. The second kappa shape index (κ2) is 9.40. The van der Waals surface area contributed by atoms with E-state index < -0.39 is 11.7 Å². The summed E-state index contributed by atoms with van der Waals surface area (Å²) in [5.41, 5.74) is 3.38. The number of hydrogen-bond acceptors (Lipinski definition) is 4. The Hall–Kier alpha value is -5.79. The first-order valence-corrected chi connectivity index (χ1v) is 13.0. The van der Waals surface area contributed by atoms with E-state index in [-0.39, 0.29) is 10.7 Å². The minimum absolute atomic E-state index is 0.193. The van der Waals surface area contributed by atoms with Crippen molar-refractivity contribution in [2.75, 3.05) is 0 Å². The van der Waals surface area contributed by atoms with Crippen LogP contribution in [0, 0.1) is 22.9 Å². The number of alkyl halides is 3. The number of halogens is 3. The lowest BCUT2D eigenvalue weighted by Crippen LogP contribution is -2.06. The van der Waals surface area contributed by atoms with Crippen molar-refractivity contribution < 1.29 is 13.2 Å². The molecule has 7 aromatic rings. The van der Waals surface area contributed by atoms with Crippen molar-refractivity contribution in [3.63, 3.8) is 0 Å². The second-order valence-electron chi connectivity index (χ2n) is 10.0. The van der Waals surface area contributed by atoms with Crippen molar-refractivity contribution in [1.29, 1.82) is 10.5 Å². The van der Waals surface area contributed by atoms with Crippen molar-refractivity contribution in [2.24, 2.45) is 9.98 Å². The molecule has 4 nitrogen and oxygen atoms in total. The summed E-state index contributed by atoms with van der Waals surface area (Å²) < 4.78 is 40.5. The summed E-state index contributed by atoms with van der Waals surface area (Å²) in [6, 6.07) is 31.4. The highest BCUT2D eigenvalue weighted by atomic mass is 19.4. The largest absolute Gasteiger partial charge is 0.416 e. The predicted molar refractivity (Wildman–Crippen MR) is 157 cm³/mol. The first-order valence-electron chi connectivity index (χ1n) is 13.0. The summed E-state index contributed by atoms with van der Waals surface area (Å²) in [6.45, 7) is 0. The summed E-state index contributed by atoms with van der Waals surface area (Å²) in [7, 11) is 0. The standard InChI is InChI=1S/C35H17F3N4/c36-35(37,38)24-11-13-26-28-17-31-27(16-32(28)34(42-19-40)30(26)15-24)25-12-10-23(14-29(25)33(31)41-18-39)22-8-6-21(7-9-22)20-4-2-1-3-5-20/h1-17H/b41-33+,42-34+. The van der Waals surface area contributed by atoms with E-state index in [2.05, 4.69) is 46.4 Å². The Morgan fingerprint density at radius 3 is 1.45 bits per heavy atom. The number of nitrogens with zero attached hydrogens (tertiary/aromatic N) is 4. The molecule has 0 fully saturated rings. The number of fused-ring (bicyclic) bond motifs is 6. The first kappa shape index (κ1) is 25.2. The van der Waals surface area contributed by atoms with Gasteiger partial charge in [0, 0.05) is 21.5 Å². The molecule has 0 saturated carbocycles. The molecule has 0 spiro atoms. The predicted octanol–water partition coefficient (Wildman–Crippen LogP) is 8.29. The summed E-state index contributed by atoms with van der Waals surface area (Å²) in [6.07, 6.45) is -0.875. The van der Waals surface area contributed by atoms with E-state index >= 15 is 0 Å². The van der Waals surface area contributed by atoms with E-state index in [9.17, 15) is 23.7 Å². The van der Waals surface area contributed by atoms with Gasteiger partial charge in [0.2, 0.25) is 12.4 Å². The Morgan fingerprint density at radius 1 is 0.452 bits per heavy atom. The quantitative estimate of drug-likeness (QED) is 0.203. The molecular formula is C35H17F3N4. The van der Waals surface area contributed by atoms with Gasteiger partial charge >= 0.3 is 6.18 Å². The van der Waals surface area contributed by atoms with Gasteiger partial charge < -0.3 is 0 Å². The lowest BCUT2D eigenvalue weighted by Gasteiger charge is -2.06. The summed E-state index contributed by atoms with van der Waals surface area (Å²) in [4.78, 5) is 8.09. The van der Waals surface area contributed by atoms with Crippen LogP contribution in [0.4, 0.5) is 13.2 Å². The average Bonchev–Trinajstić information content (AvgIpc) is 3.47. The molecule has 7 rings (SSSR count). The van der Waals surface area contributed by atoms with Crippen molar-refractivity contribution in [2.45, 2.75) is 6.18 Å². The molecule has 0 radical (unpaired) electrons. The van der Waals surface area contributed by atoms with Gasteiger partial charge in [-0.15, -0.1) is 0 Å². The van der Waals surface area contributed by atoms with Crippen molar-refractivity contribution in [1.82, 2.24) is 0 Å². The highest BCUT2D eigenvalue weighted by molar-refractivity contribution is 6.21. The summed E-state index contributed by atoms with van der Waals surface area (Å²) >= 11 is 0. The smallest absolute Gasteiger partial charge is 0.172 e. The van der Waals surface area contributed by atoms with Crippen LogP contribution in [-0.2, 0) is 6.18 Å². The van der Waals surface area contributed by atoms with E-state index in [1.165, 1.54) is 6.07 Å². The normalized spacial score (nSPS) is 12.9. The molecule has 198 valence electrons. The van der Waals surface area contributed by atoms with Gasteiger partial charge in [0.15, 0.2) is 0 Å². The van der Waals surface area contributed by atoms with Crippen molar-refractivity contribution in [3.8, 4) is 34.6 Å². The molecule has 0 heterocycles. The van der Waals surface area contributed by atoms with Gasteiger partial charge in [0.1, 0.15) is 0 Å². The van der Waals surface area contributed by atoms with E-state index in [0.29, 0.717) is 26.9 Å². The third-order valence-electron chi connectivity index (χ3n) is 7.77. The van der Waals surface area contributed by atoms with Crippen LogP contribution in [-0.4, -0.2) is 0 Å². The molecule has 0 saturated heterocycles. The number of rotatable bonds is 2. The van der Waals surface area contributed by atoms with Crippen LogP contribution in [0.5, 0.6) is 0 Å². The van der Waals surface area contributed by atoms with Gasteiger partial charge in [0.05, 0.1) is 16.3 Å². The topological polar surface area (TPSA) is 72.3 Å². The van der Waals surface area contributed by atoms with Crippen molar-refractivity contribution in [3.05, 3.63) is 119 Å². The van der Waals surface area contributed by atoms with Crippen LogP contribution in [0.1, 0.15) is 5.56 Å². The van der Waals surface area contributed by atoms with Crippen LogP contribution < -0.4 is 10.7 Å². The Kier molecular flexibility index (Phi) is 5.64. The Balaban J connectivity index is 1.47.